The molecule has 2 radical (unpaired) electrons. The summed E-state index contributed by atoms with van der Waals surface area (Å²) in [6, 6.07) is 6.05. The van der Waals surface area contributed by atoms with E-state index < -0.39 is 0 Å². The minimum atomic E-state index is 0.852. The van der Waals surface area contributed by atoms with E-state index in [-0.39, 0.29) is 0 Å². The highest BCUT2D eigenvalue weighted by Gasteiger charge is 2.02. The lowest BCUT2D eigenvalue weighted by molar-refractivity contribution is 1.30. The van der Waals surface area contributed by atoms with Crippen LogP contribution in [0.5, 0.6) is 0 Å². The molecule has 0 saturated carbocycles. The van der Waals surface area contributed by atoms with Crippen molar-refractivity contribution in [1.82, 2.24) is 0 Å². The zero-order valence-corrected chi connectivity index (χ0v) is 5.67. The van der Waals surface area contributed by atoms with Crippen molar-refractivity contribution in [2.45, 2.75) is 6.42 Å². The summed E-state index contributed by atoms with van der Waals surface area (Å²) in [6.45, 7) is 5.60. The highest BCUT2D eigenvalue weighted by atomic mass is 14.1. The lowest BCUT2D eigenvalue weighted by Crippen LogP contribution is -1.81. The molecule has 0 atom stereocenters. The highest BCUT2D eigenvalue weighted by molar-refractivity contribution is 5.60. The van der Waals surface area contributed by atoms with Crippen molar-refractivity contribution in [3.63, 3.8) is 0 Å². The van der Waals surface area contributed by atoms with Crippen LogP contribution in [0.2, 0.25) is 0 Å². The van der Waals surface area contributed by atoms with Gasteiger partial charge in [-0.05, 0) is 30.0 Å². The van der Waals surface area contributed by atoms with Gasteiger partial charge in [0.2, 0.25) is 0 Å². The van der Waals surface area contributed by atoms with E-state index in [1.165, 1.54) is 11.1 Å². The van der Waals surface area contributed by atoms with Crippen molar-refractivity contribution in [2.75, 3.05) is 0 Å². The molecule has 0 spiro atoms. The van der Waals surface area contributed by atoms with Crippen molar-refractivity contribution in [1.29, 1.82) is 0 Å². The second-order valence-electron chi connectivity index (χ2n) is 2.56. The zero-order chi connectivity index (χ0) is 6.97. The van der Waals surface area contributed by atoms with Crippen LogP contribution in [0, 0.1) is 6.92 Å². The van der Waals surface area contributed by atoms with Crippen molar-refractivity contribution < 1.29 is 0 Å². The number of fused-ring (bicyclic) bond motifs is 1. The molecule has 1 aliphatic rings. The van der Waals surface area contributed by atoms with E-state index in [2.05, 4.69) is 18.2 Å². The highest BCUT2D eigenvalue weighted by Crippen LogP contribution is 2.19. The molecule has 1 aromatic carbocycles. The molecule has 0 heterocycles. The average Bonchev–Trinajstić information content (AvgIpc) is 2.33. The third-order valence-corrected chi connectivity index (χ3v) is 1.81. The minimum Gasteiger partial charge on any atom is -0.0795 e. The predicted molar refractivity (Wildman–Crippen MR) is 42.6 cm³/mol. The van der Waals surface area contributed by atoms with Gasteiger partial charge in [-0.3, -0.25) is 0 Å². The third kappa shape index (κ3) is 0.766. The average molecular weight is 128 g/mol. The number of hydrogen-bond donors (Lipinski definition) is 0. The topological polar surface area (TPSA) is 0 Å². The Bertz CT molecular complexity index is 282. The predicted octanol–water partition coefficient (Wildman–Crippen LogP) is 2.32. The van der Waals surface area contributed by atoms with Crippen molar-refractivity contribution >= 4 is 6.08 Å². The van der Waals surface area contributed by atoms with Crippen LogP contribution in [-0.2, 0) is 6.42 Å². The smallest absolute Gasteiger partial charge is 0.00118 e. The van der Waals surface area contributed by atoms with Gasteiger partial charge in [0.25, 0.3) is 0 Å². The molecule has 0 N–H and O–H groups in total. The second-order valence-corrected chi connectivity index (χ2v) is 2.56. The van der Waals surface area contributed by atoms with Crippen LogP contribution in [0.3, 0.4) is 0 Å². The standard InChI is InChI=1S/C10H8/c1-8-5-6-9-3-2-4-10(9)7-8/h1-2,4-7H,3H2. The first-order chi connectivity index (χ1) is 4.86. The summed E-state index contributed by atoms with van der Waals surface area (Å²) in [5, 5.41) is 0. The molecule has 0 aromatic heterocycles. The largest absolute Gasteiger partial charge is 0.0795 e. The molecule has 1 aliphatic carbocycles. The number of allylic oxidation sites excluding steroid dienone is 1. The summed E-state index contributed by atoms with van der Waals surface area (Å²) >= 11 is 0. The quantitative estimate of drug-likeness (QED) is 0.503. The second kappa shape index (κ2) is 1.98. The summed E-state index contributed by atoms with van der Waals surface area (Å²) in [6.07, 6.45) is 5.34. The molecule has 0 heteroatoms. The van der Waals surface area contributed by atoms with E-state index in [1.54, 1.807) is 0 Å². The van der Waals surface area contributed by atoms with Crippen molar-refractivity contribution in [3.8, 4) is 0 Å². The van der Waals surface area contributed by atoms with Gasteiger partial charge in [0, 0.05) is 0 Å². The van der Waals surface area contributed by atoms with E-state index in [0.29, 0.717) is 0 Å². The Morgan fingerprint density at radius 2 is 2.20 bits per heavy atom. The van der Waals surface area contributed by atoms with Crippen LogP contribution in [0.15, 0.2) is 24.3 Å². The van der Waals surface area contributed by atoms with Gasteiger partial charge in [0.15, 0.2) is 0 Å². The molecule has 48 valence electrons. The molecule has 1 aromatic rings. The van der Waals surface area contributed by atoms with E-state index in [0.717, 1.165) is 12.0 Å². The van der Waals surface area contributed by atoms with Crippen molar-refractivity contribution in [3.05, 3.63) is 47.9 Å². The zero-order valence-electron chi connectivity index (χ0n) is 5.67. The van der Waals surface area contributed by atoms with E-state index in [4.69, 9.17) is 6.92 Å². The van der Waals surface area contributed by atoms with Gasteiger partial charge < -0.3 is 0 Å². The van der Waals surface area contributed by atoms with Gasteiger partial charge in [-0.2, -0.15) is 0 Å². The fourth-order valence-electron chi connectivity index (χ4n) is 1.27. The molecule has 0 amide bonds. The summed E-state index contributed by atoms with van der Waals surface area (Å²) in [5.41, 5.74) is 3.51. The maximum Gasteiger partial charge on any atom is -0.00118 e. The molecule has 0 bridgehead atoms. The fraction of sp³-hybridized carbons (Fsp3) is 0.100. The summed E-state index contributed by atoms with van der Waals surface area (Å²) < 4.78 is 0. The Labute approximate surface area is 61.2 Å². The molecule has 0 aliphatic heterocycles. The molecule has 0 saturated heterocycles. The number of hydrogen-bond acceptors (Lipinski definition) is 0. The SMILES string of the molecule is [CH]c1ccc2c(c1)C=CC2. The maximum atomic E-state index is 5.60. The van der Waals surface area contributed by atoms with Gasteiger partial charge >= 0.3 is 0 Å². The van der Waals surface area contributed by atoms with E-state index in [9.17, 15) is 0 Å². The van der Waals surface area contributed by atoms with E-state index >= 15 is 0 Å². The molecule has 10 heavy (non-hydrogen) atoms. The Balaban J connectivity index is 2.60. The normalized spacial score (nSPS) is 13.7. The molecule has 0 nitrogen and oxygen atoms in total. The third-order valence-electron chi connectivity index (χ3n) is 1.81. The van der Waals surface area contributed by atoms with Crippen LogP contribution in [0.4, 0.5) is 0 Å². The first-order valence-corrected chi connectivity index (χ1v) is 3.41. The Morgan fingerprint density at radius 1 is 1.30 bits per heavy atom. The fourth-order valence-corrected chi connectivity index (χ4v) is 1.27. The first-order valence-electron chi connectivity index (χ1n) is 3.41. The van der Waals surface area contributed by atoms with Crippen LogP contribution in [0.1, 0.15) is 16.7 Å². The molecule has 0 unspecified atom stereocenters. The van der Waals surface area contributed by atoms with Crippen LogP contribution < -0.4 is 0 Å². The van der Waals surface area contributed by atoms with Crippen LogP contribution in [0.25, 0.3) is 6.08 Å². The monoisotopic (exact) mass is 128 g/mol. The number of benzene rings is 1. The number of rotatable bonds is 0. The van der Waals surface area contributed by atoms with Gasteiger partial charge in [-0.25, -0.2) is 0 Å². The minimum absolute atomic E-state index is 0.852. The molecular weight excluding hydrogens is 120 g/mol. The van der Waals surface area contributed by atoms with E-state index in [1.807, 2.05) is 12.1 Å². The first kappa shape index (κ1) is 5.72. The van der Waals surface area contributed by atoms with Crippen LogP contribution in [-0.4, -0.2) is 0 Å². The van der Waals surface area contributed by atoms with Gasteiger partial charge in [0.1, 0.15) is 0 Å². The van der Waals surface area contributed by atoms with Crippen molar-refractivity contribution in [2.24, 2.45) is 0 Å². The summed E-state index contributed by atoms with van der Waals surface area (Å²) in [7, 11) is 0. The maximum absolute atomic E-state index is 5.60. The lowest BCUT2D eigenvalue weighted by Gasteiger charge is -1.97. The Morgan fingerprint density at radius 3 is 3.10 bits per heavy atom. The Hall–Kier alpha value is -1.04. The van der Waals surface area contributed by atoms with Gasteiger partial charge in [0.05, 0.1) is 0 Å². The summed E-state index contributed by atoms with van der Waals surface area (Å²) in [5.74, 6) is 0. The van der Waals surface area contributed by atoms with Gasteiger partial charge in [-0.1, -0.05) is 30.4 Å². The lowest BCUT2D eigenvalue weighted by atomic mass is 10.1. The molecule has 0 fully saturated rings. The molecule has 2 rings (SSSR count). The van der Waals surface area contributed by atoms with Crippen LogP contribution >= 0.6 is 0 Å². The summed E-state index contributed by atoms with van der Waals surface area (Å²) in [4.78, 5) is 0. The van der Waals surface area contributed by atoms with Gasteiger partial charge in [-0.15, -0.1) is 0 Å². The molecular formula is C10H8. The Kier molecular flexibility index (Phi) is 1.13.